The van der Waals surface area contributed by atoms with E-state index in [1.54, 1.807) is 12.3 Å². The van der Waals surface area contributed by atoms with Crippen molar-refractivity contribution in [3.05, 3.63) is 35.7 Å². The van der Waals surface area contributed by atoms with Crippen LogP contribution < -0.4 is 5.73 Å². The highest BCUT2D eigenvalue weighted by atomic mass is 19.1. The number of hydrogen-bond donors (Lipinski definition) is 1. The lowest BCUT2D eigenvalue weighted by atomic mass is 10.0. The molecule has 2 nitrogen and oxygen atoms in total. The Balaban J connectivity index is 2.37. The standard InChI is InChI=1S/C11H11FN2/c12-10-7-9(1-2-11(10)13)8-3-5-14-6-4-8/h1-3,5,7H,4,6,13H2. The Hall–Kier alpha value is -1.64. The zero-order valence-electron chi connectivity index (χ0n) is 7.70. The first-order chi connectivity index (χ1) is 6.77. The molecule has 0 bridgehead atoms. The summed E-state index contributed by atoms with van der Waals surface area (Å²) in [5.41, 5.74) is 7.59. The number of anilines is 1. The van der Waals surface area contributed by atoms with E-state index < -0.39 is 0 Å². The minimum Gasteiger partial charge on any atom is -0.396 e. The van der Waals surface area contributed by atoms with E-state index in [1.807, 2.05) is 12.1 Å². The van der Waals surface area contributed by atoms with Gasteiger partial charge in [-0.25, -0.2) is 4.39 Å². The Bertz CT molecular complexity index is 408. The molecule has 0 fully saturated rings. The lowest BCUT2D eigenvalue weighted by Crippen LogP contribution is -1.97. The van der Waals surface area contributed by atoms with E-state index in [0.29, 0.717) is 0 Å². The highest BCUT2D eigenvalue weighted by Gasteiger charge is 2.06. The number of halogens is 1. The summed E-state index contributed by atoms with van der Waals surface area (Å²) in [5, 5.41) is 0. The van der Waals surface area contributed by atoms with Crippen LogP contribution in [0.3, 0.4) is 0 Å². The van der Waals surface area contributed by atoms with Gasteiger partial charge in [0.25, 0.3) is 0 Å². The zero-order valence-corrected chi connectivity index (χ0v) is 7.70. The first kappa shape index (κ1) is 8.94. The smallest absolute Gasteiger partial charge is 0.146 e. The van der Waals surface area contributed by atoms with Crippen LogP contribution in [0.4, 0.5) is 10.1 Å². The number of nitrogens with two attached hydrogens (primary N) is 1. The van der Waals surface area contributed by atoms with Crippen LogP contribution >= 0.6 is 0 Å². The van der Waals surface area contributed by atoms with Crippen molar-refractivity contribution in [2.45, 2.75) is 6.42 Å². The maximum absolute atomic E-state index is 13.1. The van der Waals surface area contributed by atoms with E-state index in [0.717, 1.165) is 24.1 Å². The van der Waals surface area contributed by atoms with E-state index in [4.69, 9.17) is 5.73 Å². The minimum atomic E-state index is -0.356. The van der Waals surface area contributed by atoms with Gasteiger partial charge in [-0.1, -0.05) is 6.07 Å². The molecule has 2 N–H and O–H groups in total. The normalized spacial score (nSPS) is 15.4. The number of hydrogen-bond acceptors (Lipinski definition) is 2. The van der Waals surface area contributed by atoms with Crippen LogP contribution in [0.1, 0.15) is 12.0 Å². The molecule has 0 radical (unpaired) electrons. The zero-order chi connectivity index (χ0) is 9.97. The van der Waals surface area contributed by atoms with Crippen LogP contribution in [-0.2, 0) is 0 Å². The summed E-state index contributed by atoms with van der Waals surface area (Å²) < 4.78 is 13.1. The van der Waals surface area contributed by atoms with E-state index in [2.05, 4.69) is 4.99 Å². The van der Waals surface area contributed by atoms with Gasteiger partial charge < -0.3 is 5.73 Å². The van der Waals surface area contributed by atoms with Crippen molar-refractivity contribution in [1.82, 2.24) is 0 Å². The van der Waals surface area contributed by atoms with E-state index in [9.17, 15) is 4.39 Å². The number of nitrogen functional groups attached to an aromatic ring is 1. The predicted molar refractivity (Wildman–Crippen MR) is 56.8 cm³/mol. The second kappa shape index (κ2) is 3.62. The summed E-state index contributed by atoms with van der Waals surface area (Å²) >= 11 is 0. The number of dihydropyridines is 1. The summed E-state index contributed by atoms with van der Waals surface area (Å²) in [4.78, 5) is 4.07. The van der Waals surface area contributed by atoms with Crippen molar-refractivity contribution in [1.29, 1.82) is 0 Å². The molecule has 1 aromatic rings. The summed E-state index contributed by atoms with van der Waals surface area (Å²) in [7, 11) is 0. The van der Waals surface area contributed by atoms with Crippen molar-refractivity contribution in [3.63, 3.8) is 0 Å². The average molecular weight is 190 g/mol. The molecular weight excluding hydrogens is 179 g/mol. The fourth-order valence-corrected chi connectivity index (χ4v) is 1.45. The summed E-state index contributed by atoms with van der Waals surface area (Å²) in [5.74, 6) is -0.356. The molecule has 0 spiro atoms. The van der Waals surface area contributed by atoms with Gasteiger partial charge in [-0.15, -0.1) is 0 Å². The Morgan fingerprint density at radius 3 is 2.86 bits per heavy atom. The molecule has 0 aromatic heterocycles. The Labute approximate surface area is 82.0 Å². The molecular formula is C11H11FN2. The van der Waals surface area contributed by atoms with Gasteiger partial charge in [0.1, 0.15) is 5.82 Å². The molecule has 0 atom stereocenters. The molecule has 2 rings (SSSR count). The average Bonchev–Trinajstić information content (AvgIpc) is 2.23. The SMILES string of the molecule is Nc1ccc(C2=CC=NCC2)cc1F. The van der Waals surface area contributed by atoms with Gasteiger partial charge in [-0.05, 0) is 35.8 Å². The monoisotopic (exact) mass is 190 g/mol. The molecule has 0 saturated heterocycles. The Morgan fingerprint density at radius 2 is 2.21 bits per heavy atom. The second-order valence-corrected chi connectivity index (χ2v) is 3.23. The number of allylic oxidation sites excluding steroid dienone is 1. The van der Waals surface area contributed by atoms with Crippen LogP contribution in [0.2, 0.25) is 0 Å². The highest BCUT2D eigenvalue weighted by molar-refractivity contribution is 5.86. The lowest BCUT2D eigenvalue weighted by molar-refractivity contribution is 0.632. The third-order valence-electron chi connectivity index (χ3n) is 2.26. The summed E-state index contributed by atoms with van der Waals surface area (Å²) in [6.45, 7) is 0.776. The number of aliphatic imine (C=N–C) groups is 1. The van der Waals surface area contributed by atoms with Gasteiger partial charge in [-0.2, -0.15) is 0 Å². The first-order valence-electron chi connectivity index (χ1n) is 4.52. The third-order valence-corrected chi connectivity index (χ3v) is 2.26. The van der Waals surface area contributed by atoms with E-state index in [1.165, 1.54) is 6.07 Å². The van der Waals surface area contributed by atoms with Gasteiger partial charge in [0, 0.05) is 12.8 Å². The molecule has 1 aliphatic heterocycles. The molecule has 1 heterocycles. The van der Waals surface area contributed by atoms with Crippen LogP contribution in [0.25, 0.3) is 5.57 Å². The topological polar surface area (TPSA) is 38.4 Å². The quantitative estimate of drug-likeness (QED) is 0.678. The van der Waals surface area contributed by atoms with Crippen LogP contribution in [0.15, 0.2) is 29.3 Å². The van der Waals surface area contributed by atoms with Crippen molar-refractivity contribution in [3.8, 4) is 0 Å². The Kier molecular flexibility index (Phi) is 2.31. The number of benzene rings is 1. The number of rotatable bonds is 1. The van der Waals surface area contributed by atoms with Crippen molar-refractivity contribution >= 4 is 17.5 Å². The van der Waals surface area contributed by atoms with Gasteiger partial charge in [-0.3, -0.25) is 4.99 Å². The van der Waals surface area contributed by atoms with E-state index >= 15 is 0 Å². The van der Waals surface area contributed by atoms with Gasteiger partial charge in [0.2, 0.25) is 0 Å². The largest absolute Gasteiger partial charge is 0.396 e. The van der Waals surface area contributed by atoms with Crippen molar-refractivity contribution in [2.75, 3.05) is 12.3 Å². The van der Waals surface area contributed by atoms with Crippen LogP contribution in [-0.4, -0.2) is 12.8 Å². The molecule has 1 aromatic carbocycles. The van der Waals surface area contributed by atoms with E-state index in [-0.39, 0.29) is 11.5 Å². The highest BCUT2D eigenvalue weighted by Crippen LogP contribution is 2.22. The molecule has 3 heteroatoms. The van der Waals surface area contributed by atoms with Crippen LogP contribution in [0, 0.1) is 5.82 Å². The molecule has 1 aliphatic rings. The molecule has 0 saturated carbocycles. The molecule has 14 heavy (non-hydrogen) atoms. The summed E-state index contributed by atoms with van der Waals surface area (Å²) in [6, 6.07) is 4.90. The van der Waals surface area contributed by atoms with Crippen LogP contribution in [0.5, 0.6) is 0 Å². The van der Waals surface area contributed by atoms with Gasteiger partial charge in [0.05, 0.1) is 5.69 Å². The van der Waals surface area contributed by atoms with Gasteiger partial charge >= 0.3 is 0 Å². The lowest BCUT2D eigenvalue weighted by Gasteiger charge is -2.09. The second-order valence-electron chi connectivity index (χ2n) is 3.23. The third kappa shape index (κ3) is 1.66. The molecule has 0 amide bonds. The number of nitrogens with zero attached hydrogens (tertiary/aromatic N) is 1. The summed E-state index contributed by atoms with van der Waals surface area (Å²) in [6.07, 6.45) is 4.53. The fourth-order valence-electron chi connectivity index (χ4n) is 1.45. The minimum absolute atomic E-state index is 0.193. The maximum Gasteiger partial charge on any atom is 0.146 e. The van der Waals surface area contributed by atoms with Crippen molar-refractivity contribution < 1.29 is 4.39 Å². The predicted octanol–water partition coefficient (Wildman–Crippen LogP) is 2.27. The Morgan fingerprint density at radius 1 is 1.36 bits per heavy atom. The first-order valence-corrected chi connectivity index (χ1v) is 4.52. The van der Waals surface area contributed by atoms with Crippen molar-refractivity contribution in [2.24, 2.45) is 4.99 Å². The molecule has 0 aliphatic carbocycles. The molecule has 72 valence electrons. The van der Waals surface area contributed by atoms with Gasteiger partial charge in [0.15, 0.2) is 0 Å². The maximum atomic E-state index is 13.1. The molecule has 0 unspecified atom stereocenters. The fraction of sp³-hybridized carbons (Fsp3) is 0.182.